The number of nitrogens with two attached hydrogens (primary N) is 1. The Morgan fingerprint density at radius 3 is 2.41 bits per heavy atom. The number of sulfonamides is 1. The molecule has 0 unspecified atom stereocenters. The van der Waals surface area contributed by atoms with Gasteiger partial charge in [-0.25, -0.2) is 18.2 Å². The molecule has 3 aromatic rings. The van der Waals surface area contributed by atoms with E-state index in [1.807, 2.05) is 18.2 Å². The van der Waals surface area contributed by atoms with E-state index in [1.54, 1.807) is 12.1 Å². The van der Waals surface area contributed by atoms with E-state index in [1.165, 1.54) is 29.8 Å². The maximum atomic E-state index is 12.7. The molecule has 0 radical (unpaired) electrons. The first kappa shape index (κ1) is 22.8. The number of piperidine rings is 1. The molecular weight excluding hydrogens is 450 g/mol. The second-order valence-corrected chi connectivity index (χ2v) is 10.6. The van der Waals surface area contributed by atoms with Crippen molar-refractivity contribution in [2.45, 2.75) is 43.5 Å². The number of likely N-dealkylation sites (tertiary alicyclic amines) is 1. The van der Waals surface area contributed by atoms with Gasteiger partial charge in [0.05, 0.1) is 16.3 Å². The van der Waals surface area contributed by atoms with E-state index in [4.69, 9.17) is 10.2 Å². The summed E-state index contributed by atoms with van der Waals surface area (Å²) in [6.45, 7) is 2.50. The van der Waals surface area contributed by atoms with Crippen LogP contribution in [0.4, 0.5) is 5.69 Å². The van der Waals surface area contributed by atoms with Gasteiger partial charge in [-0.15, -0.1) is 0 Å². The molecule has 1 amide bonds. The van der Waals surface area contributed by atoms with Crippen LogP contribution in [-0.2, 0) is 34.2 Å². The topological polar surface area (TPSA) is 110 Å². The molecule has 5 rings (SSSR count). The van der Waals surface area contributed by atoms with Crippen LogP contribution >= 0.6 is 0 Å². The Morgan fingerprint density at radius 1 is 1.03 bits per heavy atom. The Hall–Kier alpha value is -3.01. The second-order valence-electron chi connectivity index (χ2n) is 9.08. The number of anilines is 1. The molecular formula is C25H29N5O3S. The molecule has 1 aliphatic carbocycles. The predicted molar refractivity (Wildman–Crippen MR) is 130 cm³/mol. The van der Waals surface area contributed by atoms with Crippen LogP contribution < -0.4 is 10.5 Å². The van der Waals surface area contributed by atoms with Gasteiger partial charge in [0, 0.05) is 23.8 Å². The van der Waals surface area contributed by atoms with Crippen LogP contribution in [0, 0.1) is 5.92 Å². The van der Waals surface area contributed by atoms with Gasteiger partial charge in [0.25, 0.3) is 0 Å². The maximum Gasteiger partial charge on any atom is 0.238 e. The van der Waals surface area contributed by atoms with Crippen molar-refractivity contribution in [3.63, 3.8) is 0 Å². The van der Waals surface area contributed by atoms with Crippen molar-refractivity contribution >= 4 is 21.6 Å². The molecule has 1 fully saturated rings. The minimum absolute atomic E-state index is 0.0278. The number of para-hydroxylation sites is 1. The van der Waals surface area contributed by atoms with Gasteiger partial charge in [-0.05, 0) is 87.2 Å². The van der Waals surface area contributed by atoms with E-state index >= 15 is 0 Å². The number of amides is 1. The molecule has 0 spiro atoms. The lowest BCUT2D eigenvalue weighted by molar-refractivity contribution is -0.121. The molecule has 1 aromatic heterocycles. The van der Waals surface area contributed by atoms with E-state index in [0.717, 1.165) is 56.7 Å². The zero-order valence-electron chi connectivity index (χ0n) is 19.0. The van der Waals surface area contributed by atoms with Gasteiger partial charge < -0.3 is 5.32 Å². The molecule has 9 heteroatoms. The minimum atomic E-state index is -3.74. The first-order chi connectivity index (χ1) is 16.4. The van der Waals surface area contributed by atoms with Crippen LogP contribution in [0.2, 0.25) is 0 Å². The number of carbonyl (C=O) groups is 1. The summed E-state index contributed by atoms with van der Waals surface area (Å²) in [6.07, 6.45) is 4.89. The highest BCUT2D eigenvalue weighted by atomic mass is 32.2. The first-order valence-corrected chi connectivity index (χ1v) is 13.2. The number of primary sulfonamides is 1. The fourth-order valence-electron chi connectivity index (χ4n) is 4.96. The Kier molecular flexibility index (Phi) is 6.24. The summed E-state index contributed by atoms with van der Waals surface area (Å²) in [6, 6.07) is 16.2. The van der Waals surface area contributed by atoms with E-state index in [2.05, 4.69) is 27.0 Å². The summed E-state index contributed by atoms with van der Waals surface area (Å²) in [7, 11) is -3.74. The Morgan fingerprint density at radius 2 is 1.74 bits per heavy atom. The normalized spacial score (nSPS) is 17.0. The van der Waals surface area contributed by atoms with Crippen LogP contribution in [-0.4, -0.2) is 42.1 Å². The van der Waals surface area contributed by atoms with Crippen molar-refractivity contribution in [2.75, 3.05) is 18.4 Å². The van der Waals surface area contributed by atoms with Crippen molar-refractivity contribution in [1.29, 1.82) is 0 Å². The quantitative estimate of drug-likeness (QED) is 0.565. The molecule has 2 aromatic carbocycles. The highest BCUT2D eigenvalue weighted by Gasteiger charge is 2.28. The first-order valence-electron chi connectivity index (χ1n) is 11.7. The number of hydrogen-bond donors (Lipinski definition) is 2. The SMILES string of the molecule is NS(=O)(=O)c1ccc(NC(=O)C2CCN(Cc3nn(-c4ccccc4)c4c3CCC4)CC2)cc1. The summed E-state index contributed by atoms with van der Waals surface area (Å²) in [5.74, 6) is -0.0981. The second kappa shape index (κ2) is 9.32. The van der Waals surface area contributed by atoms with Crippen LogP contribution in [0.25, 0.3) is 5.69 Å². The molecule has 0 bridgehead atoms. The zero-order valence-corrected chi connectivity index (χ0v) is 19.8. The maximum absolute atomic E-state index is 12.7. The average Bonchev–Trinajstić information content (AvgIpc) is 3.44. The van der Waals surface area contributed by atoms with E-state index in [0.29, 0.717) is 5.69 Å². The fourth-order valence-corrected chi connectivity index (χ4v) is 5.48. The lowest BCUT2D eigenvalue weighted by Gasteiger charge is -2.31. The molecule has 0 saturated carbocycles. The number of carbonyl (C=O) groups excluding carboxylic acids is 1. The minimum Gasteiger partial charge on any atom is -0.326 e. The highest BCUT2D eigenvalue weighted by molar-refractivity contribution is 7.89. The Labute approximate surface area is 199 Å². The fraction of sp³-hybridized carbons (Fsp3) is 0.360. The third-order valence-corrected chi connectivity index (χ3v) is 7.73. The van der Waals surface area contributed by atoms with Crippen molar-refractivity contribution < 1.29 is 13.2 Å². The van der Waals surface area contributed by atoms with Crippen molar-refractivity contribution in [2.24, 2.45) is 11.1 Å². The van der Waals surface area contributed by atoms with Gasteiger partial charge in [0.1, 0.15) is 0 Å². The summed E-state index contributed by atoms with van der Waals surface area (Å²) in [5.41, 5.74) is 5.57. The van der Waals surface area contributed by atoms with Crippen LogP contribution in [0.15, 0.2) is 59.5 Å². The van der Waals surface area contributed by atoms with Crippen LogP contribution in [0.1, 0.15) is 36.2 Å². The Balaban J connectivity index is 1.19. The van der Waals surface area contributed by atoms with Gasteiger partial charge in [-0.3, -0.25) is 9.69 Å². The van der Waals surface area contributed by atoms with Crippen molar-refractivity contribution in [3.8, 4) is 5.69 Å². The third-order valence-electron chi connectivity index (χ3n) is 6.80. The summed E-state index contributed by atoms with van der Waals surface area (Å²) < 4.78 is 24.9. The van der Waals surface area contributed by atoms with E-state index < -0.39 is 10.0 Å². The number of nitrogens with one attached hydrogen (secondary N) is 1. The molecule has 2 aliphatic rings. The van der Waals surface area contributed by atoms with Gasteiger partial charge in [-0.2, -0.15) is 5.10 Å². The summed E-state index contributed by atoms with van der Waals surface area (Å²) in [4.78, 5) is 15.2. The van der Waals surface area contributed by atoms with Crippen LogP contribution in [0.5, 0.6) is 0 Å². The average molecular weight is 480 g/mol. The number of benzene rings is 2. The Bertz CT molecular complexity index is 1280. The monoisotopic (exact) mass is 479 g/mol. The molecule has 178 valence electrons. The highest BCUT2D eigenvalue weighted by Crippen LogP contribution is 2.29. The zero-order chi connectivity index (χ0) is 23.7. The molecule has 8 nitrogen and oxygen atoms in total. The number of hydrogen-bond acceptors (Lipinski definition) is 5. The largest absolute Gasteiger partial charge is 0.326 e. The molecule has 34 heavy (non-hydrogen) atoms. The molecule has 2 heterocycles. The molecule has 3 N–H and O–H groups in total. The molecule has 1 aliphatic heterocycles. The van der Waals surface area contributed by atoms with Crippen molar-refractivity contribution in [3.05, 3.63) is 71.5 Å². The number of nitrogens with zero attached hydrogens (tertiary/aromatic N) is 3. The number of rotatable bonds is 6. The van der Waals surface area contributed by atoms with Crippen LogP contribution in [0.3, 0.4) is 0 Å². The lowest BCUT2D eigenvalue weighted by Crippen LogP contribution is -2.38. The molecule has 0 atom stereocenters. The lowest BCUT2D eigenvalue weighted by atomic mass is 9.95. The van der Waals surface area contributed by atoms with E-state index in [9.17, 15) is 13.2 Å². The van der Waals surface area contributed by atoms with Gasteiger partial charge in [-0.1, -0.05) is 18.2 Å². The number of fused-ring (bicyclic) bond motifs is 1. The van der Waals surface area contributed by atoms with Crippen molar-refractivity contribution in [1.82, 2.24) is 14.7 Å². The smallest absolute Gasteiger partial charge is 0.238 e. The van der Waals surface area contributed by atoms with Gasteiger partial charge in [0.15, 0.2) is 0 Å². The van der Waals surface area contributed by atoms with Gasteiger partial charge >= 0.3 is 0 Å². The summed E-state index contributed by atoms with van der Waals surface area (Å²) >= 11 is 0. The molecule has 1 saturated heterocycles. The number of aromatic nitrogens is 2. The third kappa shape index (κ3) is 4.77. The standard InChI is InChI=1S/C25H29N5O3S/c26-34(32,33)21-11-9-19(10-12-21)27-25(31)18-13-15-29(16-14-18)17-23-22-7-4-8-24(22)30(28-23)20-5-2-1-3-6-20/h1-3,5-6,9-12,18H,4,7-8,13-17H2,(H,27,31)(H2,26,32,33). The van der Waals surface area contributed by atoms with Gasteiger partial charge in [0.2, 0.25) is 15.9 Å². The predicted octanol–water partition coefficient (Wildman–Crippen LogP) is 2.86. The summed E-state index contributed by atoms with van der Waals surface area (Å²) in [5, 5.41) is 13.0. The van der Waals surface area contributed by atoms with E-state index in [-0.39, 0.29) is 16.7 Å².